The molecule has 2 aliphatic rings. The zero-order valence-electron chi connectivity index (χ0n) is 13.2. The summed E-state index contributed by atoms with van der Waals surface area (Å²) in [7, 11) is 0. The van der Waals surface area contributed by atoms with E-state index in [2.05, 4.69) is 10.00 Å². The number of aliphatic hydroxyl groups excluding tert-OH is 1. The number of nitrogens with zero attached hydrogens (tertiary/aromatic N) is 4. The van der Waals surface area contributed by atoms with E-state index in [1.807, 2.05) is 19.9 Å². The molecule has 3 rings (SSSR count). The molecule has 0 saturated carbocycles. The number of carbonyl (C=O) groups excluding carboxylic acids is 1. The molecule has 7 nitrogen and oxygen atoms in total. The largest absolute Gasteiger partial charge is 0.390 e. The molecule has 2 fully saturated rings. The van der Waals surface area contributed by atoms with Gasteiger partial charge in [0, 0.05) is 31.9 Å². The molecule has 1 aromatic rings. The molecule has 0 bridgehead atoms. The van der Waals surface area contributed by atoms with Gasteiger partial charge < -0.3 is 14.7 Å². The van der Waals surface area contributed by atoms with Crippen LogP contribution in [-0.2, 0) is 16.1 Å². The minimum Gasteiger partial charge on any atom is -0.390 e. The maximum Gasteiger partial charge on any atom is 0.244 e. The van der Waals surface area contributed by atoms with Crippen LogP contribution in [0, 0.1) is 13.8 Å². The van der Waals surface area contributed by atoms with Gasteiger partial charge in [0.05, 0.1) is 31.1 Å². The fraction of sp³-hybridized carbons (Fsp3) is 0.733. The molecular formula is C15H24N4O3. The maximum absolute atomic E-state index is 12.5. The Morgan fingerprint density at radius 1 is 1.36 bits per heavy atom. The Morgan fingerprint density at radius 2 is 2.09 bits per heavy atom. The third kappa shape index (κ3) is 3.16. The highest BCUT2D eigenvalue weighted by Crippen LogP contribution is 2.18. The fourth-order valence-electron chi connectivity index (χ4n) is 3.30. The van der Waals surface area contributed by atoms with Gasteiger partial charge in [-0.25, -0.2) is 0 Å². The van der Waals surface area contributed by atoms with Crippen molar-refractivity contribution in [3.63, 3.8) is 0 Å². The number of hydrogen-bond acceptors (Lipinski definition) is 5. The van der Waals surface area contributed by atoms with Crippen molar-refractivity contribution in [2.75, 3.05) is 39.4 Å². The number of amides is 1. The zero-order chi connectivity index (χ0) is 15.7. The van der Waals surface area contributed by atoms with Crippen LogP contribution < -0.4 is 0 Å². The van der Waals surface area contributed by atoms with Gasteiger partial charge in [0.25, 0.3) is 0 Å². The lowest BCUT2D eigenvalue weighted by molar-refractivity contribution is -0.131. The van der Waals surface area contributed by atoms with Crippen LogP contribution in [0.3, 0.4) is 0 Å². The van der Waals surface area contributed by atoms with Crippen molar-refractivity contribution in [2.24, 2.45) is 0 Å². The van der Waals surface area contributed by atoms with Crippen LogP contribution in [0.5, 0.6) is 0 Å². The van der Waals surface area contributed by atoms with Crippen molar-refractivity contribution in [2.45, 2.75) is 32.5 Å². The molecule has 2 atom stereocenters. The Bertz CT molecular complexity index is 539. The van der Waals surface area contributed by atoms with Crippen LogP contribution in [-0.4, -0.2) is 82.1 Å². The summed E-state index contributed by atoms with van der Waals surface area (Å²) in [5.41, 5.74) is 1.90. The van der Waals surface area contributed by atoms with Crippen LogP contribution in [0.1, 0.15) is 11.4 Å². The topological polar surface area (TPSA) is 70.8 Å². The summed E-state index contributed by atoms with van der Waals surface area (Å²) in [6.45, 7) is 8.13. The first-order valence-corrected chi connectivity index (χ1v) is 7.83. The molecule has 1 amide bonds. The number of hydrogen-bond donors (Lipinski definition) is 1. The van der Waals surface area contributed by atoms with Crippen LogP contribution in [0.15, 0.2) is 6.07 Å². The molecule has 0 spiro atoms. The van der Waals surface area contributed by atoms with E-state index in [0.717, 1.165) is 24.5 Å². The van der Waals surface area contributed by atoms with E-state index in [-0.39, 0.29) is 18.5 Å². The lowest BCUT2D eigenvalue weighted by atomic mass is 10.2. The summed E-state index contributed by atoms with van der Waals surface area (Å²) >= 11 is 0. The van der Waals surface area contributed by atoms with Crippen LogP contribution in [0.2, 0.25) is 0 Å². The normalized spacial score (nSPS) is 26.6. The highest BCUT2D eigenvalue weighted by atomic mass is 16.5. The average molecular weight is 308 g/mol. The van der Waals surface area contributed by atoms with Crippen LogP contribution in [0.25, 0.3) is 0 Å². The number of likely N-dealkylation sites (tertiary alicyclic amines) is 1. The van der Waals surface area contributed by atoms with Crippen LogP contribution >= 0.6 is 0 Å². The van der Waals surface area contributed by atoms with Crippen molar-refractivity contribution in [1.82, 2.24) is 19.6 Å². The molecule has 1 N–H and O–H groups in total. The van der Waals surface area contributed by atoms with Gasteiger partial charge in [-0.3, -0.25) is 14.4 Å². The molecule has 2 saturated heterocycles. The van der Waals surface area contributed by atoms with Crippen molar-refractivity contribution < 1.29 is 14.6 Å². The van der Waals surface area contributed by atoms with Crippen molar-refractivity contribution in [1.29, 1.82) is 0 Å². The molecule has 1 aromatic heterocycles. The second-order valence-electron chi connectivity index (χ2n) is 6.17. The van der Waals surface area contributed by atoms with Gasteiger partial charge in [-0.1, -0.05) is 0 Å². The number of carbonyl (C=O) groups is 1. The van der Waals surface area contributed by atoms with Gasteiger partial charge in [0.15, 0.2) is 0 Å². The Hall–Kier alpha value is -1.44. The van der Waals surface area contributed by atoms with E-state index in [4.69, 9.17) is 4.74 Å². The number of aryl methyl sites for hydroxylation is 2. The highest BCUT2D eigenvalue weighted by molar-refractivity contribution is 5.76. The molecule has 0 aromatic carbocycles. The Kier molecular flexibility index (Phi) is 4.46. The van der Waals surface area contributed by atoms with Crippen molar-refractivity contribution >= 4 is 5.91 Å². The first-order chi connectivity index (χ1) is 10.5. The van der Waals surface area contributed by atoms with E-state index >= 15 is 0 Å². The predicted octanol–water partition coefficient (Wildman–Crippen LogP) is -0.596. The Morgan fingerprint density at radius 3 is 2.73 bits per heavy atom. The number of aromatic nitrogens is 2. The quantitative estimate of drug-likeness (QED) is 0.808. The van der Waals surface area contributed by atoms with Gasteiger partial charge in [0.2, 0.25) is 5.91 Å². The average Bonchev–Trinajstić information content (AvgIpc) is 3.03. The number of aliphatic hydroxyl groups is 1. The molecule has 0 aliphatic carbocycles. The summed E-state index contributed by atoms with van der Waals surface area (Å²) in [6.07, 6.45) is -0.484. The molecule has 0 unspecified atom stereocenters. The molecular weight excluding hydrogens is 284 g/mol. The minimum atomic E-state index is -0.484. The second kappa shape index (κ2) is 6.36. The van der Waals surface area contributed by atoms with Gasteiger partial charge in [-0.2, -0.15) is 5.10 Å². The van der Waals surface area contributed by atoms with E-state index in [9.17, 15) is 9.90 Å². The van der Waals surface area contributed by atoms with Gasteiger partial charge in [-0.15, -0.1) is 0 Å². The van der Waals surface area contributed by atoms with Gasteiger partial charge in [-0.05, 0) is 19.9 Å². The van der Waals surface area contributed by atoms with Gasteiger partial charge in [0.1, 0.15) is 6.54 Å². The summed E-state index contributed by atoms with van der Waals surface area (Å²) in [5.74, 6) is 0.0148. The maximum atomic E-state index is 12.5. The molecule has 3 heterocycles. The molecule has 122 valence electrons. The summed E-state index contributed by atoms with van der Waals surface area (Å²) in [6, 6.07) is 1.98. The lowest BCUT2D eigenvalue weighted by Gasteiger charge is -2.33. The highest BCUT2D eigenvalue weighted by Gasteiger charge is 2.38. The van der Waals surface area contributed by atoms with Crippen molar-refractivity contribution in [3.05, 3.63) is 17.5 Å². The summed E-state index contributed by atoms with van der Waals surface area (Å²) in [5, 5.41) is 14.6. The fourth-order valence-corrected chi connectivity index (χ4v) is 3.30. The van der Waals surface area contributed by atoms with E-state index in [1.54, 1.807) is 9.58 Å². The third-order valence-corrected chi connectivity index (χ3v) is 4.51. The summed E-state index contributed by atoms with van der Waals surface area (Å²) < 4.78 is 7.08. The van der Waals surface area contributed by atoms with E-state index < -0.39 is 6.10 Å². The first-order valence-electron chi connectivity index (χ1n) is 7.83. The summed E-state index contributed by atoms with van der Waals surface area (Å²) in [4.78, 5) is 16.4. The van der Waals surface area contributed by atoms with Crippen LogP contribution in [0.4, 0.5) is 0 Å². The Labute approximate surface area is 130 Å². The minimum absolute atomic E-state index is 0.0148. The van der Waals surface area contributed by atoms with E-state index in [0.29, 0.717) is 26.3 Å². The monoisotopic (exact) mass is 308 g/mol. The smallest absolute Gasteiger partial charge is 0.244 e. The van der Waals surface area contributed by atoms with Crippen molar-refractivity contribution in [3.8, 4) is 0 Å². The molecule has 0 radical (unpaired) electrons. The third-order valence-electron chi connectivity index (χ3n) is 4.51. The predicted molar refractivity (Wildman–Crippen MR) is 80.5 cm³/mol. The van der Waals surface area contributed by atoms with E-state index in [1.165, 1.54) is 0 Å². The number of β-amino-alcohol motifs (C(OH)–C–C–N with tert-alkyl or cyclic N) is 1. The molecule has 2 aliphatic heterocycles. The lowest BCUT2D eigenvalue weighted by Crippen LogP contribution is -2.49. The van der Waals surface area contributed by atoms with Gasteiger partial charge >= 0.3 is 0 Å². The second-order valence-corrected chi connectivity index (χ2v) is 6.17. The molecule has 22 heavy (non-hydrogen) atoms. The SMILES string of the molecule is Cc1cc(C)n(CC(=O)N2C[C@@H](O)[C@H](N3CCOCC3)C2)n1. The number of rotatable bonds is 3. The Balaban J connectivity index is 1.61. The number of morpholine rings is 1. The molecule has 7 heteroatoms. The standard InChI is InChI=1S/C15H24N4O3/c1-11-7-12(2)19(16-11)10-15(21)18-8-13(14(20)9-18)17-3-5-22-6-4-17/h7,13-14,20H,3-6,8-10H2,1-2H3/t13-,14-/m1/s1. The zero-order valence-corrected chi connectivity index (χ0v) is 13.2. The first kappa shape index (κ1) is 15.5. The number of ether oxygens (including phenoxy) is 1.